The SMILES string of the molecule is CN1/C(=C/c2ccc3ccc(Cl)cc3[n+]2C)Sc2ccccc21.COS(=O)(=O)[O-]. The first kappa shape index (κ1) is 21.6. The van der Waals surface area contributed by atoms with Crippen molar-refractivity contribution in [2.75, 3.05) is 19.1 Å². The number of aryl methyl sites for hydroxylation is 1. The number of anilines is 1. The second-order valence-electron chi connectivity index (χ2n) is 6.21. The van der Waals surface area contributed by atoms with Gasteiger partial charge in [-0.15, -0.1) is 0 Å². The number of benzene rings is 2. The van der Waals surface area contributed by atoms with Crippen molar-refractivity contribution in [2.45, 2.75) is 4.90 Å². The van der Waals surface area contributed by atoms with Crippen LogP contribution < -0.4 is 9.47 Å². The molecule has 1 aliphatic heterocycles. The molecule has 0 radical (unpaired) electrons. The maximum atomic E-state index is 9.22. The molecule has 2 aromatic carbocycles. The number of para-hydroxylation sites is 1. The molecule has 0 aliphatic carbocycles. The quantitative estimate of drug-likeness (QED) is 0.334. The standard InChI is InChI=1S/C19H16ClN2S.CH4O4S/c1-21-15(10-8-13-7-9-14(20)11-17(13)21)12-19-22(2)16-5-3-4-6-18(16)23-19;1-5-6(2,3)4/h3-12H,1-2H3;1H3,(H,2,3,4)/q+1;/p-1. The van der Waals surface area contributed by atoms with Gasteiger partial charge in [-0.05, 0) is 30.3 Å². The molecule has 0 atom stereocenters. The fraction of sp³-hybridized carbons (Fsp3) is 0.150. The third-order valence-corrected chi connectivity index (χ3v) is 6.23. The summed E-state index contributed by atoms with van der Waals surface area (Å²) in [5, 5.41) is 3.18. The molecule has 0 unspecified atom stereocenters. The number of pyridine rings is 1. The zero-order valence-electron chi connectivity index (χ0n) is 16.0. The van der Waals surface area contributed by atoms with Crippen LogP contribution in [0, 0.1) is 0 Å². The van der Waals surface area contributed by atoms with Crippen LogP contribution in [0.15, 0.2) is 64.5 Å². The molecule has 0 fully saturated rings. The molecule has 0 N–H and O–H groups in total. The molecule has 0 bridgehead atoms. The van der Waals surface area contributed by atoms with Gasteiger partial charge in [0.25, 0.3) is 0 Å². The van der Waals surface area contributed by atoms with Crippen LogP contribution in [0.25, 0.3) is 17.0 Å². The minimum Gasteiger partial charge on any atom is -0.726 e. The lowest BCUT2D eigenvalue weighted by atomic mass is 10.2. The molecule has 29 heavy (non-hydrogen) atoms. The Morgan fingerprint density at radius 2 is 1.83 bits per heavy atom. The van der Waals surface area contributed by atoms with Crippen LogP contribution in [-0.4, -0.2) is 27.1 Å². The molecular weight excluding hydrogens is 432 g/mol. The Labute approximate surface area is 179 Å². The first-order valence-corrected chi connectivity index (χ1v) is 11.0. The van der Waals surface area contributed by atoms with Crippen LogP contribution in [0.1, 0.15) is 5.69 Å². The van der Waals surface area contributed by atoms with Crippen molar-refractivity contribution in [1.29, 1.82) is 0 Å². The Hall–Kier alpha value is -2.10. The fourth-order valence-corrected chi connectivity index (χ4v) is 4.16. The van der Waals surface area contributed by atoms with Crippen molar-refractivity contribution in [2.24, 2.45) is 7.05 Å². The van der Waals surface area contributed by atoms with E-state index in [2.05, 4.69) is 76.3 Å². The van der Waals surface area contributed by atoms with Crippen LogP contribution >= 0.6 is 23.4 Å². The molecule has 0 saturated heterocycles. The van der Waals surface area contributed by atoms with Crippen LogP contribution in [0.4, 0.5) is 5.69 Å². The van der Waals surface area contributed by atoms with Crippen molar-refractivity contribution < 1.29 is 21.7 Å². The summed E-state index contributed by atoms with van der Waals surface area (Å²) in [5.41, 5.74) is 3.55. The molecule has 6 nitrogen and oxygen atoms in total. The van der Waals surface area contributed by atoms with Crippen LogP contribution in [-0.2, 0) is 21.6 Å². The molecule has 152 valence electrons. The minimum atomic E-state index is -4.41. The summed E-state index contributed by atoms with van der Waals surface area (Å²) >= 11 is 7.96. The number of halogens is 1. The van der Waals surface area contributed by atoms with E-state index in [1.54, 1.807) is 11.8 Å². The molecule has 3 aromatic rings. The second kappa shape index (κ2) is 8.73. The summed E-state index contributed by atoms with van der Waals surface area (Å²) in [6.07, 6.45) is 2.23. The zero-order chi connectivity index (χ0) is 21.2. The molecule has 4 rings (SSSR count). The smallest absolute Gasteiger partial charge is 0.217 e. The summed E-state index contributed by atoms with van der Waals surface area (Å²) in [7, 11) is 0.591. The van der Waals surface area contributed by atoms with E-state index in [0.717, 1.165) is 23.3 Å². The van der Waals surface area contributed by atoms with Crippen molar-refractivity contribution >= 4 is 56.4 Å². The predicted octanol–water partition coefficient (Wildman–Crippen LogP) is 3.95. The van der Waals surface area contributed by atoms with E-state index in [4.69, 9.17) is 11.6 Å². The van der Waals surface area contributed by atoms with Crippen molar-refractivity contribution in [3.05, 3.63) is 70.3 Å². The van der Waals surface area contributed by atoms with Gasteiger partial charge < -0.3 is 9.45 Å². The van der Waals surface area contributed by atoms with Gasteiger partial charge in [-0.25, -0.2) is 8.42 Å². The maximum Gasteiger partial charge on any atom is 0.217 e. The van der Waals surface area contributed by atoms with E-state index in [1.165, 1.54) is 21.0 Å². The Bertz CT molecular complexity index is 1200. The zero-order valence-corrected chi connectivity index (χ0v) is 18.4. The van der Waals surface area contributed by atoms with Gasteiger partial charge >= 0.3 is 0 Å². The Morgan fingerprint density at radius 3 is 2.48 bits per heavy atom. The molecule has 0 amide bonds. The first-order valence-electron chi connectivity index (χ1n) is 8.51. The normalized spacial score (nSPS) is 14.7. The molecule has 9 heteroatoms. The van der Waals surface area contributed by atoms with Gasteiger partial charge in [-0.2, -0.15) is 4.57 Å². The molecule has 2 heterocycles. The highest BCUT2D eigenvalue weighted by Gasteiger charge is 2.22. The van der Waals surface area contributed by atoms with E-state index in [1.807, 2.05) is 12.1 Å². The maximum absolute atomic E-state index is 9.22. The first-order chi connectivity index (χ1) is 13.7. The number of rotatable bonds is 2. The third kappa shape index (κ3) is 5.09. The topological polar surface area (TPSA) is 73.5 Å². The number of hydrogen-bond acceptors (Lipinski definition) is 6. The Morgan fingerprint density at radius 1 is 1.17 bits per heavy atom. The van der Waals surface area contributed by atoms with E-state index in [-0.39, 0.29) is 0 Å². The monoisotopic (exact) mass is 450 g/mol. The van der Waals surface area contributed by atoms with E-state index in [9.17, 15) is 13.0 Å². The predicted molar refractivity (Wildman–Crippen MR) is 116 cm³/mol. The second-order valence-corrected chi connectivity index (χ2v) is 8.86. The van der Waals surface area contributed by atoms with Crippen LogP contribution in [0.3, 0.4) is 0 Å². The lowest BCUT2D eigenvalue weighted by Crippen LogP contribution is -2.33. The molecular formula is C20H19ClN2O4S2. The highest BCUT2D eigenvalue weighted by atomic mass is 35.5. The number of hydrogen-bond donors (Lipinski definition) is 0. The Kier molecular flexibility index (Phi) is 6.50. The number of fused-ring (bicyclic) bond motifs is 2. The van der Waals surface area contributed by atoms with E-state index >= 15 is 0 Å². The Balaban J connectivity index is 0.000000353. The highest BCUT2D eigenvalue weighted by molar-refractivity contribution is 8.03. The summed E-state index contributed by atoms with van der Waals surface area (Å²) in [6.45, 7) is 0. The summed E-state index contributed by atoms with van der Waals surface area (Å²) in [6, 6.07) is 18.8. The van der Waals surface area contributed by atoms with Crippen molar-refractivity contribution in [3.8, 4) is 0 Å². The van der Waals surface area contributed by atoms with Gasteiger partial charge in [0.05, 0.1) is 17.8 Å². The summed E-state index contributed by atoms with van der Waals surface area (Å²) in [5.74, 6) is 0. The molecule has 0 spiro atoms. The van der Waals surface area contributed by atoms with E-state index < -0.39 is 10.4 Å². The lowest BCUT2D eigenvalue weighted by molar-refractivity contribution is -0.646. The van der Waals surface area contributed by atoms with Crippen LogP contribution in [0.2, 0.25) is 5.02 Å². The average molecular weight is 451 g/mol. The van der Waals surface area contributed by atoms with Crippen molar-refractivity contribution in [1.82, 2.24) is 0 Å². The van der Waals surface area contributed by atoms with E-state index in [0.29, 0.717) is 0 Å². The van der Waals surface area contributed by atoms with Gasteiger partial charge in [0.1, 0.15) is 7.05 Å². The van der Waals surface area contributed by atoms with Gasteiger partial charge in [-0.1, -0.05) is 35.5 Å². The third-order valence-electron chi connectivity index (χ3n) is 4.42. The molecule has 0 saturated carbocycles. The molecule has 1 aliphatic rings. The lowest BCUT2D eigenvalue weighted by Gasteiger charge is -2.12. The van der Waals surface area contributed by atoms with Gasteiger partial charge in [0.15, 0.2) is 0 Å². The van der Waals surface area contributed by atoms with Gasteiger partial charge in [0, 0.05) is 40.6 Å². The molecule has 1 aromatic heterocycles. The number of nitrogens with zero attached hydrogens (tertiary/aromatic N) is 2. The number of aromatic nitrogens is 1. The largest absolute Gasteiger partial charge is 0.726 e. The summed E-state index contributed by atoms with van der Waals surface area (Å²) in [4.78, 5) is 3.54. The van der Waals surface area contributed by atoms with Crippen molar-refractivity contribution in [3.63, 3.8) is 0 Å². The highest BCUT2D eigenvalue weighted by Crippen LogP contribution is 2.45. The number of thioether (sulfide) groups is 1. The minimum absolute atomic E-state index is 0.762. The van der Waals surface area contributed by atoms with Gasteiger partial charge in [0.2, 0.25) is 21.6 Å². The summed E-state index contributed by atoms with van der Waals surface area (Å²) < 4.78 is 33.2. The van der Waals surface area contributed by atoms with Crippen LogP contribution in [0.5, 0.6) is 0 Å². The van der Waals surface area contributed by atoms with Gasteiger partial charge in [-0.3, -0.25) is 4.18 Å². The average Bonchev–Trinajstić information content (AvgIpc) is 3.00. The fourth-order valence-electron chi connectivity index (χ4n) is 2.89.